The van der Waals surface area contributed by atoms with E-state index in [-0.39, 0.29) is 22.6 Å². The van der Waals surface area contributed by atoms with Crippen LogP contribution in [0.25, 0.3) is 0 Å². The Bertz CT molecular complexity index is 892. The van der Waals surface area contributed by atoms with Crippen LogP contribution < -0.4 is 10.6 Å². The zero-order chi connectivity index (χ0) is 18.4. The smallest absolute Gasteiger partial charge is 0.286 e. The number of amides is 2. The van der Waals surface area contributed by atoms with Gasteiger partial charge in [0.05, 0.1) is 12.3 Å². The first kappa shape index (κ1) is 18.2. The van der Waals surface area contributed by atoms with E-state index in [1.165, 1.54) is 11.8 Å². The van der Waals surface area contributed by atoms with E-state index in [2.05, 4.69) is 20.8 Å². The number of nitrogens with one attached hydrogen (secondary N) is 2. The molecular weight excluding hydrogens is 372 g/mol. The van der Waals surface area contributed by atoms with Crippen LogP contribution >= 0.6 is 23.1 Å². The van der Waals surface area contributed by atoms with Crippen LogP contribution in [-0.2, 0) is 11.3 Å². The monoisotopic (exact) mass is 388 g/mol. The van der Waals surface area contributed by atoms with E-state index in [9.17, 15) is 9.59 Å². The molecule has 0 aliphatic rings. The van der Waals surface area contributed by atoms with Gasteiger partial charge in [0.25, 0.3) is 5.91 Å². The minimum absolute atomic E-state index is 0.144. The second-order valence-electron chi connectivity index (χ2n) is 5.27. The summed E-state index contributed by atoms with van der Waals surface area (Å²) in [4.78, 5) is 24.0. The minimum atomic E-state index is -0.321. The third kappa shape index (κ3) is 5.17. The Labute approximate surface area is 158 Å². The Hall–Kier alpha value is -2.65. The van der Waals surface area contributed by atoms with Crippen molar-refractivity contribution in [2.45, 2.75) is 17.8 Å². The first-order valence-electron chi connectivity index (χ1n) is 7.75. The van der Waals surface area contributed by atoms with Gasteiger partial charge in [-0.15, -0.1) is 10.2 Å². The molecule has 2 N–H and O–H groups in total. The van der Waals surface area contributed by atoms with Crippen molar-refractivity contribution in [2.24, 2.45) is 0 Å². The molecule has 0 unspecified atom stereocenters. The molecule has 3 rings (SSSR count). The largest absolute Gasteiger partial charge is 0.465 e. The molecule has 26 heavy (non-hydrogen) atoms. The maximum absolute atomic E-state index is 12.1. The van der Waals surface area contributed by atoms with Crippen molar-refractivity contribution in [2.75, 3.05) is 11.1 Å². The standard InChI is InChI=1S/C17H16N4O3S2/c1-11-7-8-13(24-11)9-18-14(22)10-25-17-21-20-16(26-17)15(23)19-12-5-3-2-4-6-12/h2-8H,9-10H2,1H3,(H,18,22)(H,19,23). The molecule has 0 spiro atoms. The third-order valence-electron chi connectivity index (χ3n) is 3.21. The number of para-hydroxylation sites is 1. The maximum atomic E-state index is 12.1. The van der Waals surface area contributed by atoms with E-state index in [1.807, 2.05) is 37.3 Å². The number of carbonyl (C=O) groups excluding carboxylic acids is 2. The van der Waals surface area contributed by atoms with E-state index in [0.717, 1.165) is 17.1 Å². The molecule has 0 saturated heterocycles. The van der Waals surface area contributed by atoms with Crippen molar-refractivity contribution in [1.82, 2.24) is 15.5 Å². The van der Waals surface area contributed by atoms with Crippen molar-refractivity contribution in [3.05, 3.63) is 59.0 Å². The van der Waals surface area contributed by atoms with Crippen molar-refractivity contribution < 1.29 is 14.0 Å². The summed E-state index contributed by atoms with van der Waals surface area (Å²) >= 11 is 2.39. The van der Waals surface area contributed by atoms with Crippen LogP contribution in [0.3, 0.4) is 0 Å². The predicted molar refractivity (Wildman–Crippen MR) is 100 cm³/mol. The molecule has 0 fully saturated rings. The van der Waals surface area contributed by atoms with Crippen LogP contribution in [-0.4, -0.2) is 27.8 Å². The zero-order valence-corrected chi connectivity index (χ0v) is 15.5. The number of carbonyl (C=O) groups is 2. The lowest BCUT2D eigenvalue weighted by molar-refractivity contribution is -0.118. The number of anilines is 1. The van der Waals surface area contributed by atoms with Gasteiger partial charge in [0.1, 0.15) is 11.5 Å². The van der Waals surface area contributed by atoms with Gasteiger partial charge in [0, 0.05) is 5.69 Å². The number of rotatable bonds is 7. The van der Waals surface area contributed by atoms with E-state index in [0.29, 0.717) is 22.3 Å². The van der Waals surface area contributed by atoms with Gasteiger partial charge in [-0.25, -0.2) is 0 Å². The molecule has 0 saturated carbocycles. The Morgan fingerprint density at radius 1 is 1.15 bits per heavy atom. The highest BCUT2D eigenvalue weighted by Gasteiger charge is 2.14. The average molecular weight is 388 g/mol. The molecule has 2 amide bonds. The highest BCUT2D eigenvalue weighted by atomic mass is 32.2. The number of hydrogen-bond donors (Lipinski definition) is 2. The van der Waals surface area contributed by atoms with Gasteiger partial charge in [0.2, 0.25) is 10.9 Å². The molecule has 2 heterocycles. The fraction of sp³-hybridized carbons (Fsp3) is 0.176. The number of benzene rings is 1. The van der Waals surface area contributed by atoms with Gasteiger partial charge < -0.3 is 15.1 Å². The van der Waals surface area contributed by atoms with Crippen molar-refractivity contribution in [3.63, 3.8) is 0 Å². The number of thioether (sulfide) groups is 1. The van der Waals surface area contributed by atoms with E-state index in [1.54, 1.807) is 12.1 Å². The lowest BCUT2D eigenvalue weighted by Crippen LogP contribution is -2.24. The predicted octanol–water partition coefficient (Wildman–Crippen LogP) is 3.10. The van der Waals surface area contributed by atoms with E-state index in [4.69, 9.17) is 4.42 Å². The molecule has 3 aromatic rings. The minimum Gasteiger partial charge on any atom is -0.465 e. The lowest BCUT2D eigenvalue weighted by Gasteiger charge is -2.01. The lowest BCUT2D eigenvalue weighted by atomic mass is 10.3. The first-order valence-corrected chi connectivity index (χ1v) is 9.55. The molecule has 0 aliphatic heterocycles. The quantitative estimate of drug-likeness (QED) is 0.604. The van der Waals surface area contributed by atoms with E-state index < -0.39 is 0 Å². The summed E-state index contributed by atoms with van der Waals surface area (Å²) in [6.45, 7) is 2.19. The third-order valence-corrected chi connectivity index (χ3v) is 5.27. The number of aromatic nitrogens is 2. The van der Waals surface area contributed by atoms with E-state index >= 15 is 0 Å². The van der Waals surface area contributed by atoms with Crippen LogP contribution in [0.5, 0.6) is 0 Å². The molecule has 0 atom stereocenters. The van der Waals surface area contributed by atoms with Gasteiger partial charge in [-0.05, 0) is 31.2 Å². The Morgan fingerprint density at radius 3 is 2.69 bits per heavy atom. The van der Waals surface area contributed by atoms with Crippen LogP contribution in [0, 0.1) is 6.92 Å². The summed E-state index contributed by atoms with van der Waals surface area (Å²) in [5.74, 6) is 1.23. The Kier molecular flexibility index (Phi) is 6.03. The van der Waals surface area contributed by atoms with Crippen molar-refractivity contribution in [1.29, 1.82) is 0 Å². The molecule has 0 aliphatic carbocycles. The van der Waals surface area contributed by atoms with Crippen molar-refractivity contribution >= 4 is 40.6 Å². The first-order chi connectivity index (χ1) is 12.6. The van der Waals surface area contributed by atoms with Crippen LogP contribution in [0.2, 0.25) is 0 Å². The number of aryl methyl sites for hydroxylation is 1. The SMILES string of the molecule is Cc1ccc(CNC(=O)CSc2nnc(C(=O)Nc3ccccc3)s2)o1. The summed E-state index contributed by atoms with van der Waals surface area (Å²) in [7, 11) is 0. The highest BCUT2D eigenvalue weighted by molar-refractivity contribution is 8.01. The second-order valence-corrected chi connectivity index (χ2v) is 7.47. The molecule has 1 aromatic carbocycles. The molecule has 0 radical (unpaired) electrons. The average Bonchev–Trinajstić information content (AvgIpc) is 3.28. The Balaban J connectivity index is 1.45. The zero-order valence-electron chi connectivity index (χ0n) is 13.9. The summed E-state index contributed by atoms with van der Waals surface area (Å²) in [5, 5.41) is 13.6. The Morgan fingerprint density at radius 2 is 1.96 bits per heavy atom. The molecule has 7 nitrogen and oxygen atoms in total. The molecule has 9 heteroatoms. The van der Waals surface area contributed by atoms with Gasteiger partial charge in [-0.2, -0.15) is 0 Å². The maximum Gasteiger partial charge on any atom is 0.286 e. The van der Waals surface area contributed by atoms with Gasteiger partial charge >= 0.3 is 0 Å². The number of nitrogens with zero attached hydrogens (tertiary/aromatic N) is 2. The van der Waals surface area contributed by atoms with Gasteiger partial charge in [0.15, 0.2) is 4.34 Å². The fourth-order valence-corrected chi connectivity index (χ4v) is 3.59. The topological polar surface area (TPSA) is 97.1 Å². The highest BCUT2D eigenvalue weighted by Crippen LogP contribution is 2.23. The van der Waals surface area contributed by atoms with Gasteiger partial charge in [-0.1, -0.05) is 41.3 Å². The van der Waals surface area contributed by atoms with Crippen LogP contribution in [0.15, 0.2) is 51.2 Å². The number of hydrogen-bond acceptors (Lipinski definition) is 7. The summed E-state index contributed by atoms with van der Waals surface area (Å²) < 4.78 is 5.95. The molecule has 0 bridgehead atoms. The molecular formula is C17H16N4O3S2. The summed E-state index contributed by atoms with van der Waals surface area (Å²) in [6, 6.07) is 12.8. The normalized spacial score (nSPS) is 10.5. The number of furan rings is 1. The van der Waals surface area contributed by atoms with Crippen molar-refractivity contribution in [3.8, 4) is 0 Å². The summed E-state index contributed by atoms with van der Waals surface area (Å²) in [6.07, 6.45) is 0. The van der Waals surface area contributed by atoms with Gasteiger partial charge in [-0.3, -0.25) is 9.59 Å². The fourth-order valence-electron chi connectivity index (χ4n) is 2.01. The molecule has 2 aromatic heterocycles. The van der Waals surface area contributed by atoms with Crippen LogP contribution in [0.4, 0.5) is 5.69 Å². The molecule has 134 valence electrons. The summed E-state index contributed by atoms with van der Waals surface area (Å²) in [5.41, 5.74) is 0.689. The second kappa shape index (κ2) is 8.63. The van der Waals surface area contributed by atoms with Crippen LogP contribution in [0.1, 0.15) is 21.3 Å².